The van der Waals surface area contributed by atoms with Gasteiger partial charge in [0.05, 0.1) is 31.8 Å². The quantitative estimate of drug-likeness (QED) is 0.691. The van der Waals surface area contributed by atoms with Crippen LogP contribution in [0.5, 0.6) is 11.5 Å². The highest BCUT2D eigenvalue weighted by molar-refractivity contribution is 5.73. The summed E-state index contributed by atoms with van der Waals surface area (Å²) < 4.78 is 23.8. The molecule has 1 fully saturated rings. The van der Waals surface area contributed by atoms with Crippen LogP contribution >= 0.6 is 0 Å². The second kappa shape index (κ2) is 7.71. The Bertz CT molecular complexity index is 876. The van der Waals surface area contributed by atoms with Crippen LogP contribution in [0.25, 0.3) is 0 Å². The van der Waals surface area contributed by atoms with Crippen molar-refractivity contribution in [3.8, 4) is 11.5 Å². The van der Waals surface area contributed by atoms with Crippen LogP contribution in [-0.2, 0) is 14.3 Å². The predicted molar refractivity (Wildman–Crippen MR) is 109 cm³/mol. The number of esters is 1. The van der Waals surface area contributed by atoms with Crippen molar-refractivity contribution in [2.24, 2.45) is 11.8 Å². The normalized spacial score (nSPS) is 27.2. The lowest BCUT2D eigenvalue weighted by molar-refractivity contribution is -0.192. The molecule has 5 nitrogen and oxygen atoms in total. The lowest BCUT2D eigenvalue weighted by Crippen LogP contribution is -2.50. The van der Waals surface area contributed by atoms with Crippen molar-refractivity contribution in [1.29, 1.82) is 0 Å². The van der Waals surface area contributed by atoms with Gasteiger partial charge in [-0.1, -0.05) is 30.3 Å². The van der Waals surface area contributed by atoms with Crippen LogP contribution in [-0.4, -0.2) is 25.3 Å². The Labute approximate surface area is 171 Å². The molecule has 4 atom stereocenters. The maximum atomic E-state index is 12.8. The lowest BCUT2D eigenvalue weighted by atomic mass is 9.71. The van der Waals surface area contributed by atoms with Crippen LogP contribution in [0.1, 0.15) is 50.5 Å². The summed E-state index contributed by atoms with van der Waals surface area (Å²) in [6, 6.07) is 15.8. The summed E-state index contributed by atoms with van der Waals surface area (Å²) in [5.41, 5.74) is 1.50. The predicted octanol–water partition coefficient (Wildman–Crippen LogP) is 4.86. The van der Waals surface area contributed by atoms with Gasteiger partial charge in [-0.25, -0.2) is 0 Å². The molecule has 0 aliphatic carbocycles. The third-order valence-electron chi connectivity index (χ3n) is 6.04. The van der Waals surface area contributed by atoms with Crippen molar-refractivity contribution in [3.05, 3.63) is 59.7 Å². The minimum atomic E-state index is -0.490. The monoisotopic (exact) mass is 396 g/mol. The Balaban J connectivity index is 1.76. The number of carbonyl (C=O) groups is 1. The second-order valence-corrected chi connectivity index (χ2v) is 8.20. The van der Waals surface area contributed by atoms with E-state index in [4.69, 9.17) is 18.9 Å². The largest absolute Gasteiger partial charge is 0.497 e. The van der Waals surface area contributed by atoms with E-state index in [-0.39, 0.29) is 30.0 Å². The number of methoxy groups -OCH3 is 1. The summed E-state index contributed by atoms with van der Waals surface area (Å²) in [6.45, 7) is 6.30. The molecule has 2 aromatic rings. The molecule has 2 aliphatic rings. The number of carbonyl (C=O) groups excluding carboxylic acids is 1. The third kappa shape index (κ3) is 3.60. The van der Waals surface area contributed by atoms with E-state index in [1.807, 2.05) is 55.5 Å². The fourth-order valence-corrected chi connectivity index (χ4v) is 4.55. The van der Waals surface area contributed by atoms with Crippen molar-refractivity contribution in [2.45, 2.75) is 45.0 Å². The van der Waals surface area contributed by atoms with Crippen LogP contribution < -0.4 is 9.47 Å². The molecule has 5 heteroatoms. The average molecular weight is 396 g/mol. The van der Waals surface area contributed by atoms with Crippen molar-refractivity contribution in [2.75, 3.05) is 13.7 Å². The van der Waals surface area contributed by atoms with E-state index in [9.17, 15) is 4.79 Å². The molecule has 0 saturated carbocycles. The second-order valence-electron chi connectivity index (χ2n) is 8.20. The van der Waals surface area contributed by atoms with Gasteiger partial charge >= 0.3 is 5.97 Å². The molecule has 0 N–H and O–H groups in total. The van der Waals surface area contributed by atoms with E-state index in [1.54, 1.807) is 7.11 Å². The van der Waals surface area contributed by atoms with E-state index in [0.29, 0.717) is 13.0 Å². The molecule has 0 radical (unpaired) electrons. The molecule has 0 amide bonds. The molecule has 1 saturated heterocycles. The summed E-state index contributed by atoms with van der Waals surface area (Å²) in [4.78, 5) is 12.8. The molecule has 29 heavy (non-hydrogen) atoms. The Hall–Kier alpha value is -2.53. The van der Waals surface area contributed by atoms with E-state index in [1.165, 1.54) is 0 Å². The topological polar surface area (TPSA) is 54.0 Å². The minimum Gasteiger partial charge on any atom is -0.497 e. The highest BCUT2D eigenvalue weighted by atomic mass is 16.5. The van der Waals surface area contributed by atoms with Crippen molar-refractivity contribution >= 4 is 5.97 Å². The lowest BCUT2D eigenvalue weighted by Gasteiger charge is -2.50. The van der Waals surface area contributed by atoms with Gasteiger partial charge in [-0.2, -0.15) is 0 Å². The molecular weight excluding hydrogens is 368 g/mol. The Morgan fingerprint density at radius 1 is 1.14 bits per heavy atom. The molecule has 2 aliphatic heterocycles. The first-order valence-corrected chi connectivity index (χ1v) is 10.2. The van der Waals surface area contributed by atoms with Gasteiger partial charge in [-0.3, -0.25) is 4.79 Å². The highest BCUT2D eigenvalue weighted by Crippen LogP contribution is 2.55. The van der Waals surface area contributed by atoms with Gasteiger partial charge in [-0.15, -0.1) is 0 Å². The third-order valence-corrected chi connectivity index (χ3v) is 6.04. The van der Waals surface area contributed by atoms with Crippen LogP contribution in [0.3, 0.4) is 0 Å². The fraction of sp³-hybridized carbons (Fsp3) is 0.458. The summed E-state index contributed by atoms with van der Waals surface area (Å²) in [6.07, 6.45) is 0.109. The maximum Gasteiger partial charge on any atom is 0.311 e. The van der Waals surface area contributed by atoms with E-state index < -0.39 is 5.60 Å². The SMILES string of the molecule is CCOC(=O)[C@H]1C[C@@H]2[C@@H](O[C@@H]1c1ccccc1)c1ccc(OC)cc1OC2(C)C. The standard InChI is InChI=1S/C24H28O5/c1-5-27-23(25)18-14-19-22(28-21(18)15-9-7-6-8-10-15)17-12-11-16(26-4)13-20(17)29-24(19,2)3/h6-13,18-19,21-22H,5,14H2,1-4H3/t18-,19+,21+,22-/m0/s1. The Kier molecular flexibility index (Phi) is 5.26. The van der Waals surface area contributed by atoms with Gasteiger partial charge in [0.2, 0.25) is 0 Å². The van der Waals surface area contributed by atoms with Crippen LogP contribution in [0.4, 0.5) is 0 Å². The molecule has 0 aromatic heterocycles. The van der Waals surface area contributed by atoms with Crippen LogP contribution in [0.15, 0.2) is 48.5 Å². The summed E-state index contributed by atoms with van der Waals surface area (Å²) in [7, 11) is 1.64. The maximum absolute atomic E-state index is 12.8. The zero-order valence-corrected chi connectivity index (χ0v) is 17.4. The average Bonchev–Trinajstić information content (AvgIpc) is 2.73. The van der Waals surface area contributed by atoms with Gasteiger partial charge in [0.15, 0.2) is 0 Å². The van der Waals surface area contributed by atoms with Crippen molar-refractivity contribution in [3.63, 3.8) is 0 Å². The van der Waals surface area contributed by atoms with Gasteiger partial charge < -0.3 is 18.9 Å². The Morgan fingerprint density at radius 2 is 1.90 bits per heavy atom. The van der Waals surface area contributed by atoms with Gasteiger partial charge in [-0.05, 0) is 44.9 Å². The van der Waals surface area contributed by atoms with Crippen LogP contribution in [0.2, 0.25) is 0 Å². The number of benzene rings is 2. The summed E-state index contributed by atoms with van der Waals surface area (Å²) >= 11 is 0. The Morgan fingerprint density at radius 3 is 2.59 bits per heavy atom. The molecule has 0 bridgehead atoms. The molecule has 2 heterocycles. The zero-order valence-electron chi connectivity index (χ0n) is 17.4. The first-order chi connectivity index (χ1) is 13.9. The summed E-state index contributed by atoms with van der Waals surface area (Å²) in [5, 5.41) is 0. The first-order valence-electron chi connectivity index (χ1n) is 10.2. The van der Waals surface area contributed by atoms with Crippen LogP contribution in [0, 0.1) is 11.8 Å². The molecular formula is C24H28O5. The highest BCUT2D eigenvalue weighted by Gasteiger charge is 2.52. The van der Waals surface area contributed by atoms with E-state index in [0.717, 1.165) is 22.6 Å². The number of fused-ring (bicyclic) bond motifs is 3. The molecule has 2 aromatic carbocycles. The van der Waals surface area contributed by atoms with Crippen molar-refractivity contribution < 1.29 is 23.7 Å². The molecule has 0 unspecified atom stereocenters. The first kappa shape index (κ1) is 19.8. The zero-order chi connectivity index (χ0) is 20.6. The molecule has 0 spiro atoms. The number of rotatable bonds is 4. The van der Waals surface area contributed by atoms with E-state index >= 15 is 0 Å². The van der Waals surface area contributed by atoms with Gasteiger partial charge in [0, 0.05) is 17.5 Å². The number of ether oxygens (including phenoxy) is 4. The molecule has 154 valence electrons. The summed E-state index contributed by atoms with van der Waals surface area (Å²) in [5.74, 6) is 0.963. The smallest absolute Gasteiger partial charge is 0.311 e. The minimum absolute atomic E-state index is 0.0257. The van der Waals surface area contributed by atoms with Gasteiger partial charge in [0.1, 0.15) is 17.1 Å². The number of hydrogen-bond acceptors (Lipinski definition) is 5. The van der Waals surface area contributed by atoms with Crippen molar-refractivity contribution in [1.82, 2.24) is 0 Å². The molecule has 4 rings (SSSR count). The number of hydrogen-bond donors (Lipinski definition) is 0. The van der Waals surface area contributed by atoms with Gasteiger partial charge in [0.25, 0.3) is 0 Å². The fourth-order valence-electron chi connectivity index (χ4n) is 4.55. The van der Waals surface area contributed by atoms with E-state index in [2.05, 4.69) is 13.8 Å².